The summed E-state index contributed by atoms with van der Waals surface area (Å²) in [6.07, 6.45) is 2.03. The molecule has 2 aliphatic heterocycles. The summed E-state index contributed by atoms with van der Waals surface area (Å²) in [4.78, 5) is 21.4. The standard InChI is InChI=1S/C22H31ClFN3O4S.C2HF3O2/c23-19-10-18(20(24)11-21(19)31-14-16-3-1-2-4-16)22(28)26-32(29,30)27-7-5-15(6-8-27)9-17-12-25-13-17;3-2(4,5)1(6)7/h10-11,15-17,25H,1-9,12-14H2,(H,26,28);(H,6,7). The Balaban J connectivity index is 0.000000532. The molecule has 3 fully saturated rings. The van der Waals surface area contributed by atoms with Crippen LogP contribution in [0.3, 0.4) is 0 Å². The SMILES string of the molecule is O=C(NS(=O)(=O)N1CCC(CC2CNC2)CC1)c1cc(Cl)c(OCC2CCCC2)cc1F.O=C(O)C(F)(F)F. The minimum absolute atomic E-state index is 0.0817. The number of aliphatic carboxylic acids is 1. The smallest absolute Gasteiger partial charge is 0.490 e. The lowest BCUT2D eigenvalue weighted by atomic mass is 9.85. The quantitative estimate of drug-likeness (QED) is 0.385. The molecule has 39 heavy (non-hydrogen) atoms. The predicted octanol–water partition coefficient (Wildman–Crippen LogP) is 3.98. The molecule has 3 aliphatic rings. The van der Waals surface area contributed by atoms with E-state index in [4.69, 9.17) is 26.2 Å². The summed E-state index contributed by atoms with van der Waals surface area (Å²) < 4.78 is 80.6. The Morgan fingerprint density at radius 3 is 2.18 bits per heavy atom. The van der Waals surface area contributed by atoms with Crippen molar-refractivity contribution < 1.29 is 45.4 Å². The fraction of sp³-hybridized carbons (Fsp3) is 0.667. The molecule has 1 aromatic carbocycles. The summed E-state index contributed by atoms with van der Waals surface area (Å²) in [6.45, 7) is 3.22. The lowest BCUT2D eigenvalue weighted by Crippen LogP contribution is -2.48. The highest BCUT2D eigenvalue weighted by Crippen LogP contribution is 2.31. The number of carboxylic acid groups (broad SMARTS) is 1. The van der Waals surface area contributed by atoms with Crippen molar-refractivity contribution in [3.05, 3.63) is 28.5 Å². The van der Waals surface area contributed by atoms with E-state index in [1.54, 1.807) is 0 Å². The van der Waals surface area contributed by atoms with Crippen molar-refractivity contribution in [2.24, 2.45) is 17.8 Å². The van der Waals surface area contributed by atoms with E-state index in [-0.39, 0.29) is 10.8 Å². The molecule has 3 N–H and O–H groups in total. The van der Waals surface area contributed by atoms with Crippen LogP contribution in [-0.2, 0) is 15.0 Å². The number of rotatable bonds is 8. The molecule has 0 atom stereocenters. The van der Waals surface area contributed by atoms with Gasteiger partial charge in [0.25, 0.3) is 5.91 Å². The minimum Gasteiger partial charge on any atom is -0.492 e. The Kier molecular flexibility index (Phi) is 10.8. The number of hydrogen-bond acceptors (Lipinski definition) is 6. The molecule has 4 rings (SSSR count). The van der Waals surface area contributed by atoms with Gasteiger partial charge in [-0.25, -0.2) is 13.9 Å². The highest BCUT2D eigenvalue weighted by Gasteiger charge is 2.38. The molecule has 1 aliphatic carbocycles. The summed E-state index contributed by atoms with van der Waals surface area (Å²) in [5.41, 5.74) is -0.417. The van der Waals surface area contributed by atoms with E-state index >= 15 is 0 Å². The van der Waals surface area contributed by atoms with Crippen LogP contribution in [0.5, 0.6) is 5.75 Å². The fourth-order valence-corrected chi connectivity index (χ4v) is 6.19. The van der Waals surface area contributed by atoms with Crippen LogP contribution in [0.25, 0.3) is 0 Å². The van der Waals surface area contributed by atoms with Gasteiger partial charge in [-0.2, -0.15) is 25.9 Å². The number of alkyl halides is 3. The molecule has 15 heteroatoms. The van der Waals surface area contributed by atoms with Gasteiger partial charge in [0.15, 0.2) is 0 Å². The third kappa shape index (κ3) is 9.19. The largest absolute Gasteiger partial charge is 0.492 e. The fourth-order valence-electron chi connectivity index (χ4n) is 4.81. The van der Waals surface area contributed by atoms with Gasteiger partial charge < -0.3 is 15.2 Å². The van der Waals surface area contributed by atoms with E-state index < -0.39 is 39.6 Å². The molecule has 0 bridgehead atoms. The first-order valence-electron chi connectivity index (χ1n) is 12.7. The molecule has 0 aromatic heterocycles. The van der Waals surface area contributed by atoms with Crippen molar-refractivity contribution in [2.45, 2.75) is 51.1 Å². The van der Waals surface area contributed by atoms with Crippen molar-refractivity contribution in [3.63, 3.8) is 0 Å². The number of nitrogens with zero attached hydrogens (tertiary/aromatic N) is 1. The molecule has 220 valence electrons. The number of piperidine rings is 1. The van der Waals surface area contributed by atoms with Crippen LogP contribution in [0.2, 0.25) is 5.02 Å². The highest BCUT2D eigenvalue weighted by atomic mass is 35.5. The maximum Gasteiger partial charge on any atom is 0.490 e. The van der Waals surface area contributed by atoms with Crippen LogP contribution < -0.4 is 14.8 Å². The van der Waals surface area contributed by atoms with Crippen molar-refractivity contribution in [1.29, 1.82) is 0 Å². The monoisotopic (exact) mass is 601 g/mol. The number of hydrogen-bond donors (Lipinski definition) is 3. The Morgan fingerprint density at radius 2 is 1.67 bits per heavy atom. The van der Waals surface area contributed by atoms with Gasteiger partial charge in [0.05, 0.1) is 17.2 Å². The number of benzene rings is 1. The van der Waals surface area contributed by atoms with E-state index in [1.807, 2.05) is 4.72 Å². The molecule has 1 aromatic rings. The zero-order valence-corrected chi connectivity index (χ0v) is 22.7. The second kappa shape index (κ2) is 13.5. The van der Waals surface area contributed by atoms with E-state index in [9.17, 15) is 30.8 Å². The van der Waals surface area contributed by atoms with Crippen molar-refractivity contribution >= 4 is 33.7 Å². The molecular formula is C24H32ClF4N3O6S. The lowest BCUT2D eigenvalue weighted by Gasteiger charge is -2.35. The van der Waals surface area contributed by atoms with Gasteiger partial charge in [0, 0.05) is 19.2 Å². The predicted molar refractivity (Wildman–Crippen MR) is 134 cm³/mol. The van der Waals surface area contributed by atoms with Gasteiger partial charge in [0.1, 0.15) is 11.6 Å². The maximum absolute atomic E-state index is 14.6. The molecule has 1 saturated carbocycles. The maximum atomic E-state index is 14.6. The Labute approximate surface area is 229 Å². The van der Waals surface area contributed by atoms with Crippen molar-refractivity contribution in [3.8, 4) is 5.75 Å². The molecule has 0 radical (unpaired) electrons. The zero-order chi connectivity index (χ0) is 28.8. The molecule has 0 unspecified atom stereocenters. The third-order valence-corrected chi connectivity index (χ3v) is 8.91. The zero-order valence-electron chi connectivity index (χ0n) is 21.1. The number of nitrogens with one attached hydrogen (secondary N) is 2. The number of carbonyl (C=O) groups is 2. The van der Waals surface area contributed by atoms with Crippen LogP contribution in [0.1, 0.15) is 55.3 Å². The summed E-state index contributed by atoms with van der Waals surface area (Å²) >= 11 is 6.19. The Morgan fingerprint density at radius 1 is 1.08 bits per heavy atom. The Hall–Kier alpha value is -2.16. The number of carbonyl (C=O) groups excluding carboxylic acids is 1. The van der Waals surface area contributed by atoms with Gasteiger partial charge in [-0.15, -0.1) is 0 Å². The summed E-state index contributed by atoms with van der Waals surface area (Å²) in [7, 11) is -4.05. The highest BCUT2D eigenvalue weighted by molar-refractivity contribution is 7.87. The minimum atomic E-state index is -5.08. The van der Waals surface area contributed by atoms with Gasteiger partial charge in [-0.1, -0.05) is 24.4 Å². The van der Waals surface area contributed by atoms with Gasteiger partial charge in [-0.05, 0) is 69.0 Å². The first kappa shape index (κ1) is 31.4. The van der Waals surface area contributed by atoms with Crippen LogP contribution in [0.15, 0.2) is 12.1 Å². The van der Waals surface area contributed by atoms with Gasteiger partial charge in [-0.3, -0.25) is 4.79 Å². The third-order valence-electron chi connectivity index (χ3n) is 7.13. The average molecular weight is 602 g/mol. The van der Waals surface area contributed by atoms with Crippen molar-refractivity contribution in [2.75, 3.05) is 32.8 Å². The first-order chi connectivity index (χ1) is 18.3. The van der Waals surface area contributed by atoms with Crippen molar-refractivity contribution in [1.82, 2.24) is 14.3 Å². The summed E-state index contributed by atoms with van der Waals surface area (Å²) in [5, 5.41) is 10.5. The number of halogens is 5. The molecule has 9 nitrogen and oxygen atoms in total. The van der Waals surface area contributed by atoms with Gasteiger partial charge >= 0.3 is 22.4 Å². The topological polar surface area (TPSA) is 125 Å². The summed E-state index contributed by atoms with van der Waals surface area (Å²) in [6, 6.07) is 2.18. The van der Waals surface area contributed by atoms with E-state index in [0.29, 0.717) is 37.5 Å². The van der Waals surface area contributed by atoms with Crippen LogP contribution in [0, 0.1) is 23.6 Å². The molecular weight excluding hydrogens is 570 g/mol. The van der Waals surface area contributed by atoms with Crippen LogP contribution in [-0.4, -0.2) is 68.7 Å². The van der Waals surface area contributed by atoms with E-state index in [0.717, 1.165) is 57.3 Å². The second-order valence-corrected chi connectivity index (χ2v) is 12.1. The molecule has 1 amide bonds. The first-order valence-corrected chi connectivity index (χ1v) is 14.5. The second-order valence-electron chi connectivity index (χ2n) is 10.1. The lowest BCUT2D eigenvalue weighted by molar-refractivity contribution is -0.192. The molecule has 2 heterocycles. The molecule has 2 saturated heterocycles. The number of ether oxygens (including phenoxy) is 1. The Bertz CT molecular complexity index is 1120. The van der Waals surface area contributed by atoms with Crippen LogP contribution >= 0.6 is 11.6 Å². The van der Waals surface area contributed by atoms with Gasteiger partial charge in [0.2, 0.25) is 0 Å². The number of carboxylic acids is 1. The molecule has 0 spiro atoms. The van der Waals surface area contributed by atoms with E-state index in [1.165, 1.54) is 17.1 Å². The normalized spacial score (nSPS) is 19.6. The summed E-state index contributed by atoms with van der Waals surface area (Å²) in [5.74, 6) is -2.88. The average Bonchev–Trinajstić information content (AvgIpc) is 3.35. The van der Waals surface area contributed by atoms with E-state index in [2.05, 4.69) is 5.32 Å². The van der Waals surface area contributed by atoms with Crippen LogP contribution in [0.4, 0.5) is 17.6 Å². The number of amides is 1.